The van der Waals surface area contributed by atoms with Crippen molar-refractivity contribution in [1.29, 1.82) is 5.26 Å². The average molecular weight is 745 g/mol. The van der Waals surface area contributed by atoms with E-state index in [1.54, 1.807) is 30.9 Å². The predicted octanol–water partition coefficient (Wildman–Crippen LogP) is 5.22. The van der Waals surface area contributed by atoms with Gasteiger partial charge >= 0.3 is 6.03 Å². The number of hydrogen-bond donors (Lipinski definition) is 2. The van der Waals surface area contributed by atoms with Crippen LogP contribution >= 0.6 is 0 Å². The first-order valence-electron chi connectivity index (χ1n) is 16.5. The molecule has 53 heavy (non-hydrogen) atoms. The van der Waals surface area contributed by atoms with Gasteiger partial charge in [-0.1, -0.05) is 0 Å². The number of halogens is 2. The highest BCUT2D eigenvalue weighted by Gasteiger charge is 2.44. The van der Waals surface area contributed by atoms with Crippen LogP contribution in [0.4, 0.5) is 42.4 Å². The third-order valence-corrected chi connectivity index (χ3v) is 10.4. The Hall–Kier alpha value is -6.15. The monoisotopic (exact) mass is 744 g/mol. The van der Waals surface area contributed by atoms with Gasteiger partial charge in [-0.15, -0.1) is 0 Å². The molecule has 2 fully saturated rings. The fourth-order valence-electron chi connectivity index (χ4n) is 5.99. The average Bonchev–Trinajstić information content (AvgIpc) is 3.62. The second-order valence-electron chi connectivity index (χ2n) is 12.8. The molecule has 0 bridgehead atoms. The maximum absolute atomic E-state index is 15.3. The summed E-state index contributed by atoms with van der Waals surface area (Å²) in [5.41, 5.74) is 0.431. The number of nitrogens with zero attached hydrogens (tertiary/aromatic N) is 6. The lowest BCUT2D eigenvalue weighted by molar-refractivity contribution is -0.132. The van der Waals surface area contributed by atoms with Gasteiger partial charge in [0.1, 0.15) is 41.0 Å². The van der Waals surface area contributed by atoms with E-state index >= 15 is 4.39 Å². The number of amides is 4. The SMILES string of the molecule is CC(C)N1CC(C(=O)Nc2ccc(Oc3ccnc(Nc4ccc(C#N)c(N5CCC(S(C)(=O)=O)C5)n4)c3)c(F)c2)C(=O)N(c2ccc(F)cc2)C1=O. The number of carbonyl (C=O) groups excluding carboxylic acids is 3. The third-order valence-electron chi connectivity index (χ3n) is 8.82. The van der Waals surface area contributed by atoms with Gasteiger partial charge in [-0.2, -0.15) is 5.26 Å². The Kier molecular flexibility index (Phi) is 10.3. The number of anilines is 5. The van der Waals surface area contributed by atoms with E-state index < -0.39 is 50.5 Å². The van der Waals surface area contributed by atoms with Crippen LogP contribution < -0.4 is 25.2 Å². The zero-order valence-electron chi connectivity index (χ0n) is 28.8. The largest absolute Gasteiger partial charge is 0.454 e. The number of ether oxygens (including phenoxy) is 1. The van der Waals surface area contributed by atoms with Crippen LogP contribution in [0.25, 0.3) is 0 Å². The number of urea groups is 1. The molecule has 4 heterocycles. The van der Waals surface area contributed by atoms with Gasteiger partial charge in [-0.25, -0.2) is 36.9 Å². The van der Waals surface area contributed by atoms with Crippen molar-refractivity contribution in [2.75, 3.05) is 46.3 Å². The summed E-state index contributed by atoms with van der Waals surface area (Å²) < 4.78 is 58.8. The van der Waals surface area contributed by atoms with E-state index in [0.29, 0.717) is 24.6 Å². The Balaban J connectivity index is 1.13. The van der Waals surface area contributed by atoms with Gasteiger partial charge in [-0.3, -0.25) is 9.59 Å². The molecule has 0 spiro atoms. The molecule has 0 radical (unpaired) electrons. The van der Waals surface area contributed by atoms with Crippen LogP contribution in [0.3, 0.4) is 0 Å². The van der Waals surface area contributed by atoms with E-state index in [1.165, 1.54) is 53.8 Å². The van der Waals surface area contributed by atoms with Gasteiger partial charge in [0.2, 0.25) is 11.8 Å². The smallest absolute Gasteiger partial charge is 0.331 e. The molecule has 6 rings (SSSR count). The van der Waals surface area contributed by atoms with Crippen molar-refractivity contribution < 1.29 is 36.3 Å². The molecule has 0 saturated carbocycles. The number of sulfone groups is 1. The standard InChI is InChI=1S/C36H34F2N8O6S/c1-21(2)45-20-28(35(48)46(36(45)49)25-8-5-23(37)6-9-25)34(47)41-24-7-10-30(29(38)16-24)52-26-12-14-40-32(17-26)42-31-11-4-22(18-39)33(43-31)44-15-13-27(19-44)53(3,50)51/h4-12,14,16-17,21,27-28H,13,15,19-20H2,1-3H3,(H,41,47)(H,40,42,43). The number of carbonyl (C=O) groups is 3. The van der Waals surface area contributed by atoms with Gasteiger partial charge in [0, 0.05) is 55.9 Å². The number of nitriles is 1. The summed E-state index contributed by atoms with van der Waals surface area (Å²) in [6.07, 6.45) is 3.04. The number of nitrogens with one attached hydrogen (secondary N) is 2. The fourth-order valence-corrected chi connectivity index (χ4v) is 6.98. The summed E-state index contributed by atoms with van der Waals surface area (Å²) >= 11 is 0. The zero-order valence-corrected chi connectivity index (χ0v) is 29.6. The molecule has 274 valence electrons. The number of benzene rings is 2. The summed E-state index contributed by atoms with van der Waals surface area (Å²) in [7, 11) is -3.26. The number of rotatable bonds is 10. The molecule has 2 N–H and O–H groups in total. The Labute approximate surface area is 303 Å². The highest BCUT2D eigenvalue weighted by Crippen LogP contribution is 2.31. The molecule has 4 aromatic rings. The van der Waals surface area contributed by atoms with Crippen molar-refractivity contribution in [3.8, 4) is 17.6 Å². The van der Waals surface area contributed by atoms with Crippen molar-refractivity contribution in [3.63, 3.8) is 0 Å². The van der Waals surface area contributed by atoms with Crippen LogP contribution in [0.1, 0.15) is 25.8 Å². The van der Waals surface area contributed by atoms with Gasteiger partial charge in [0.05, 0.1) is 16.5 Å². The zero-order chi connectivity index (χ0) is 38.0. The molecule has 2 unspecified atom stereocenters. The van der Waals surface area contributed by atoms with E-state index in [-0.39, 0.29) is 53.4 Å². The lowest BCUT2D eigenvalue weighted by Gasteiger charge is -2.39. The van der Waals surface area contributed by atoms with Gasteiger partial charge in [0.25, 0.3) is 0 Å². The quantitative estimate of drug-likeness (QED) is 0.204. The van der Waals surface area contributed by atoms with Gasteiger partial charge < -0.3 is 25.2 Å². The summed E-state index contributed by atoms with van der Waals surface area (Å²) in [5, 5.41) is 14.6. The van der Waals surface area contributed by atoms with E-state index in [2.05, 4.69) is 26.7 Å². The van der Waals surface area contributed by atoms with Crippen LogP contribution in [-0.2, 0) is 19.4 Å². The van der Waals surface area contributed by atoms with Crippen molar-refractivity contribution in [2.24, 2.45) is 5.92 Å². The lowest BCUT2D eigenvalue weighted by atomic mass is 10.0. The maximum Gasteiger partial charge on any atom is 0.331 e. The van der Waals surface area contributed by atoms with Crippen LogP contribution in [-0.4, -0.2) is 78.3 Å². The number of imide groups is 1. The van der Waals surface area contributed by atoms with E-state index in [0.717, 1.165) is 23.1 Å². The Morgan fingerprint density at radius 1 is 1.02 bits per heavy atom. The van der Waals surface area contributed by atoms with Crippen molar-refractivity contribution in [1.82, 2.24) is 14.9 Å². The highest BCUT2D eigenvalue weighted by molar-refractivity contribution is 7.91. The van der Waals surface area contributed by atoms with Crippen molar-refractivity contribution >= 4 is 56.5 Å². The number of hydrogen-bond acceptors (Lipinski definition) is 11. The Morgan fingerprint density at radius 3 is 2.43 bits per heavy atom. The molecule has 2 aromatic carbocycles. The van der Waals surface area contributed by atoms with Crippen LogP contribution in [0.5, 0.6) is 11.5 Å². The molecule has 17 heteroatoms. The van der Waals surface area contributed by atoms with E-state index in [1.807, 2.05) is 0 Å². The maximum atomic E-state index is 15.3. The minimum Gasteiger partial charge on any atom is -0.454 e. The Morgan fingerprint density at radius 2 is 1.77 bits per heavy atom. The lowest BCUT2D eigenvalue weighted by Crippen LogP contribution is -2.61. The fraction of sp³-hybridized carbons (Fsp3) is 0.278. The minimum atomic E-state index is -3.26. The van der Waals surface area contributed by atoms with E-state index in [9.17, 15) is 32.5 Å². The highest BCUT2D eigenvalue weighted by atomic mass is 32.2. The number of pyridine rings is 2. The van der Waals surface area contributed by atoms with Crippen LogP contribution in [0.2, 0.25) is 0 Å². The molecule has 2 aliphatic heterocycles. The summed E-state index contributed by atoms with van der Waals surface area (Å²) in [4.78, 5) is 52.7. The normalized spacial score (nSPS) is 17.6. The molecule has 2 saturated heterocycles. The van der Waals surface area contributed by atoms with Crippen molar-refractivity contribution in [2.45, 2.75) is 31.6 Å². The first-order valence-corrected chi connectivity index (χ1v) is 18.4. The van der Waals surface area contributed by atoms with Crippen LogP contribution in [0.15, 0.2) is 72.9 Å². The van der Waals surface area contributed by atoms with Gasteiger partial charge in [0.15, 0.2) is 21.4 Å². The minimum absolute atomic E-state index is 0.0367. The van der Waals surface area contributed by atoms with Gasteiger partial charge in [-0.05, 0) is 74.9 Å². The number of aromatic nitrogens is 2. The molecule has 4 amide bonds. The van der Waals surface area contributed by atoms with Crippen LogP contribution in [0, 0.1) is 28.9 Å². The van der Waals surface area contributed by atoms with Crippen molar-refractivity contribution in [3.05, 3.63) is 90.1 Å². The second kappa shape index (κ2) is 14.8. The summed E-state index contributed by atoms with van der Waals surface area (Å²) in [6.45, 7) is 3.89. The molecular formula is C36H34F2N8O6S. The van der Waals surface area contributed by atoms with E-state index in [4.69, 9.17) is 4.74 Å². The molecule has 2 atom stereocenters. The topological polar surface area (TPSA) is 178 Å². The first kappa shape index (κ1) is 36.6. The third kappa shape index (κ3) is 8.02. The molecule has 14 nitrogen and oxygen atoms in total. The molecule has 0 aliphatic carbocycles. The first-order chi connectivity index (χ1) is 25.2. The molecule has 2 aliphatic rings. The summed E-state index contributed by atoms with van der Waals surface area (Å²) in [5.74, 6) is -3.31. The predicted molar refractivity (Wildman–Crippen MR) is 192 cm³/mol. The molecule has 2 aromatic heterocycles. The molecular weight excluding hydrogens is 711 g/mol. The summed E-state index contributed by atoms with van der Waals surface area (Å²) in [6, 6.07) is 15.7. The Bertz CT molecular complexity index is 2230. The second-order valence-corrected chi connectivity index (χ2v) is 15.2.